The van der Waals surface area contributed by atoms with Gasteiger partial charge < -0.3 is 14.5 Å². The van der Waals surface area contributed by atoms with Crippen LogP contribution >= 0.6 is 0 Å². The van der Waals surface area contributed by atoms with Crippen LogP contribution < -0.4 is 15.0 Å². The van der Waals surface area contributed by atoms with Gasteiger partial charge in [-0.2, -0.15) is 4.31 Å². The zero-order chi connectivity index (χ0) is 20.7. The van der Waals surface area contributed by atoms with Gasteiger partial charge >= 0.3 is 0 Å². The van der Waals surface area contributed by atoms with E-state index >= 15 is 0 Å². The Bertz CT molecular complexity index is 1260. The summed E-state index contributed by atoms with van der Waals surface area (Å²) in [4.78, 5) is 16.6. The quantitative estimate of drug-likeness (QED) is 0.682. The first-order valence-corrected chi connectivity index (χ1v) is 11.2. The maximum absolute atomic E-state index is 13.1. The summed E-state index contributed by atoms with van der Waals surface area (Å²) in [5.74, 6) is 1.51. The molecule has 0 saturated carbocycles. The molecular formula is C21H21N3O5S. The van der Waals surface area contributed by atoms with Crippen molar-refractivity contribution in [2.75, 3.05) is 33.0 Å². The molecule has 0 aliphatic carbocycles. The summed E-state index contributed by atoms with van der Waals surface area (Å²) in [6, 6.07) is 13.7. The molecule has 30 heavy (non-hydrogen) atoms. The number of hydrogen-bond donors (Lipinski definition) is 1. The van der Waals surface area contributed by atoms with Crippen molar-refractivity contribution in [3.8, 4) is 11.5 Å². The van der Waals surface area contributed by atoms with Crippen LogP contribution in [0.3, 0.4) is 0 Å². The number of hydrogen-bond acceptors (Lipinski definition) is 6. The van der Waals surface area contributed by atoms with Gasteiger partial charge in [-0.25, -0.2) is 8.42 Å². The van der Waals surface area contributed by atoms with E-state index < -0.39 is 10.0 Å². The Labute approximate surface area is 173 Å². The number of sulfonamides is 1. The summed E-state index contributed by atoms with van der Waals surface area (Å²) in [6.07, 6.45) is 0. The molecule has 9 heteroatoms. The van der Waals surface area contributed by atoms with E-state index in [4.69, 9.17) is 9.47 Å². The monoisotopic (exact) mass is 427 g/mol. The van der Waals surface area contributed by atoms with Gasteiger partial charge in [0.2, 0.25) is 22.4 Å². The average Bonchev–Trinajstić information content (AvgIpc) is 3.21. The fourth-order valence-corrected chi connectivity index (χ4v) is 5.33. The number of H-pyrrole nitrogens is 1. The molecule has 0 spiro atoms. The lowest BCUT2D eigenvalue weighted by molar-refractivity contribution is 0.173. The first-order valence-electron chi connectivity index (χ1n) is 9.73. The topological polar surface area (TPSA) is 91.9 Å². The minimum atomic E-state index is -3.59. The number of benzene rings is 2. The second-order valence-corrected chi connectivity index (χ2v) is 9.38. The van der Waals surface area contributed by atoms with E-state index in [9.17, 15) is 13.2 Å². The molecule has 0 bridgehead atoms. The number of piperazine rings is 1. The van der Waals surface area contributed by atoms with E-state index in [0.717, 1.165) is 23.6 Å². The fourth-order valence-electron chi connectivity index (χ4n) is 3.87. The van der Waals surface area contributed by atoms with Crippen LogP contribution in [0.25, 0.3) is 10.9 Å². The third-order valence-corrected chi connectivity index (χ3v) is 7.40. The van der Waals surface area contributed by atoms with Crippen molar-refractivity contribution in [2.45, 2.75) is 11.4 Å². The van der Waals surface area contributed by atoms with Crippen molar-refractivity contribution in [2.24, 2.45) is 0 Å². The minimum Gasteiger partial charge on any atom is -0.454 e. The summed E-state index contributed by atoms with van der Waals surface area (Å²) in [5, 5.41) is 0.692. The molecule has 1 fully saturated rings. The zero-order valence-electron chi connectivity index (χ0n) is 16.2. The van der Waals surface area contributed by atoms with Gasteiger partial charge in [0.05, 0.1) is 4.90 Å². The summed E-state index contributed by atoms with van der Waals surface area (Å²) in [7, 11) is -3.59. The first-order chi connectivity index (χ1) is 14.5. The van der Waals surface area contributed by atoms with Crippen LogP contribution in [-0.4, -0.2) is 55.6 Å². The molecular weight excluding hydrogens is 406 g/mol. The van der Waals surface area contributed by atoms with Crippen molar-refractivity contribution in [1.29, 1.82) is 0 Å². The molecule has 1 saturated heterocycles. The summed E-state index contributed by atoms with van der Waals surface area (Å²) in [5.41, 5.74) is 1.52. The van der Waals surface area contributed by atoms with Crippen molar-refractivity contribution >= 4 is 20.9 Å². The van der Waals surface area contributed by atoms with E-state index in [1.807, 2.05) is 18.2 Å². The highest BCUT2D eigenvalue weighted by atomic mass is 32.2. The molecule has 0 amide bonds. The highest BCUT2D eigenvalue weighted by molar-refractivity contribution is 7.89. The number of nitrogens with zero attached hydrogens (tertiary/aromatic N) is 2. The van der Waals surface area contributed by atoms with Crippen molar-refractivity contribution in [3.05, 3.63) is 64.4 Å². The Balaban J connectivity index is 1.27. The van der Waals surface area contributed by atoms with Gasteiger partial charge in [-0.3, -0.25) is 9.69 Å². The van der Waals surface area contributed by atoms with E-state index in [-0.39, 0.29) is 17.2 Å². The number of ether oxygens (including phenoxy) is 2. The predicted octanol–water partition coefficient (Wildman–Crippen LogP) is 1.76. The SMILES string of the molecule is O=c1ccc2cc(S(=O)(=O)N3CCN(Cc4ccc5c(c4)OCO5)CC3)ccc2[nH]1. The van der Waals surface area contributed by atoms with Gasteiger partial charge in [-0.1, -0.05) is 6.07 Å². The van der Waals surface area contributed by atoms with Crippen LogP contribution in [0.1, 0.15) is 5.56 Å². The van der Waals surface area contributed by atoms with Gasteiger partial charge in [0.15, 0.2) is 11.5 Å². The van der Waals surface area contributed by atoms with Gasteiger partial charge in [0.25, 0.3) is 0 Å². The summed E-state index contributed by atoms with van der Waals surface area (Å²) < 4.78 is 38.5. The Morgan fingerprint density at radius 3 is 2.53 bits per heavy atom. The van der Waals surface area contributed by atoms with E-state index in [1.165, 1.54) is 10.4 Å². The first kappa shape index (κ1) is 19.1. The third-order valence-electron chi connectivity index (χ3n) is 5.51. The fraction of sp³-hybridized carbons (Fsp3) is 0.286. The molecule has 1 aromatic heterocycles. The maximum atomic E-state index is 13.1. The number of fused-ring (bicyclic) bond motifs is 2. The second-order valence-electron chi connectivity index (χ2n) is 7.44. The normalized spacial score (nSPS) is 17.5. The summed E-state index contributed by atoms with van der Waals surface area (Å²) in [6.45, 7) is 3.13. The molecule has 0 radical (unpaired) electrons. The van der Waals surface area contributed by atoms with Gasteiger partial charge in [-0.05, 0) is 47.3 Å². The third kappa shape index (κ3) is 3.55. The lowest BCUT2D eigenvalue weighted by Gasteiger charge is -2.34. The van der Waals surface area contributed by atoms with Crippen LogP contribution in [0.4, 0.5) is 0 Å². The van der Waals surface area contributed by atoms with Gasteiger partial charge in [0, 0.05) is 44.3 Å². The van der Waals surface area contributed by atoms with Gasteiger partial charge in [0.1, 0.15) is 0 Å². The Hall–Kier alpha value is -2.88. The Morgan fingerprint density at radius 2 is 1.70 bits per heavy atom. The molecule has 5 rings (SSSR count). The zero-order valence-corrected chi connectivity index (χ0v) is 17.0. The van der Waals surface area contributed by atoms with Crippen LogP contribution in [0.2, 0.25) is 0 Å². The Morgan fingerprint density at radius 1 is 0.900 bits per heavy atom. The highest BCUT2D eigenvalue weighted by Gasteiger charge is 2.29. The van der Waals surface area contributed by atoms with Crippen LogP contribution in [0, 0.1) is 0 Å². The maximum Gasteiger partial charge on any atom is 0.248 e. The van der Waals surface area contributed by atoms with Crippen molar-refractivity contribution in [1.82, 2.24) is 14.2 Å². The van der Waals surface area contributed by atoms with Crippen molar-refractivity contribution in [3.63, 3.8) is 0 Å². The molecule has 0 atom stereocenters. The van der Waals surface area contributed by atoms with E-state index in [0.29, 0.717) is 37.1 Å². The molecule has 2 aliphatic rings. The second kappa shape index (κ2) is 7.42. The van der Waals surface area contributed by atoms with E-state index in [1.54, 1.807) is 24.3 Å². The predicted molar refractivity (Wildman–Crippen MR) is 111 cm³/mol. The number of nitrogens with one attached hydrogen (secondary N) is 1. The van der Waals surface area contributed by atoms with Crippen LogP contribution in [-0.2, 0) is 16.6 Å². The smallest absolute Gasteiger partial charge is 0.248 e. The molecule has 1 N–H and O–H groups in total. The largest absolute Gasteiger partial charge is 0.454 e. The molecule has 3 aromatic rings. The number of aromatic amines is 1. The van der Waals surface area contributed by atoms with Crippen molar-refractivity contribution < 1.29 is 17.9 Å². The average molecular weight is 427 g/mol. The molecule has 0 unspecified atom stereocenters. The summed E-state index contributed by atoms with van der Waals surface area (Å²) >= 11 is 0. The van der Waals surface area contributed by atoms with Crippen LogP contribution in [0.5, 0.6) is 11.5 Å². The van der Waals surface area contributed by atoms with Crippen LogP contribution in [0.15, 0.2) is 58.2 Å². The lowest BCUT2D eigenvalue weighted by atomic mass is 10.2. The number of rotatable bonds is 4. The standard InChI is InChI=1S/C21H21N3O5S/c25-21-6-2-16-12-17(3-4-18(16)22-21)30(26,27)24-9-7-23(8-10-24)13-15-1-5-19-20(11-15)29-14-28-19/h1-6,11-12H,7-10,13-14H2,(H,22,25). The lowest BCUT2D eigenvalue weighted by Crippen LogP contribution is -2.48. The van der Waals surface area contributed by atoms with E-state index in [2.05, 4.69) is 9.88 Å². The minimum absolute atomic E-state index is 0.211. The Kier molecular flexibility index (Phi) is 4.73. The molecule has 2 aliphatic heterocycles. The van der Waals surface area contributed by atoms with Gasteiger partial charge in [-0.15, -0.1) is 0 Å². The molecule has 2 aromatic carbocycles. The molecule has 8 nitrogen and oxygen atoms in total. The number of aromatic nitrogens is 1. The molecule has 156 valence electrons. The molecule has 3 heterocycles. The number of pyridine rings is 1. The highest BCUT2D eigenvalue weighted by Crippen LogP contribution is 2.33.